The number of aromatic nitrogens is 2. The fourth-order valence-electron chi connectivity index (χ4n) is 1.38. The van der Waals surface area contributed by atoms with E-state index in [1.807, 2.05) is 42.3 Å². The molecule has 0 saturated heterocycles. The molecular formula is C11H11ClN4. The summed E-state index contributed by atoms with van der Waals surface area (Å²) in [5.74, 6) is 0.808. The van der Waals surface area contributed by atoms with E-state index in [-0.39, 0.29) is 5.95 Å². The maximum Gasteiger partial charge on any atom is 0.222 e. The zero-order chi connectivity index (χ0) is 11.5. The molecule has 0 fully saturated rings. The molecule has 0 amide bonds. The Morgan fingerprint density at radius 2 is 1.94 bits per heavy atom. The average molecular weight is 235 g/mol. The van der Waals surface area contributed by atoms with Crippen molar-refractivity contribution in [1.29, 1.82) is 0 Å². The van der Waals surface area contributed by atoms with Crippen molar-refractivity contribution in [2.45, 2.75) is 0 Å². The highest BCUT2D eigenvalue weighted by atomic mass is 35.5. The van der Waals surface area contributed by atoms with Gasteiger partial charge in [0.05, 0.1) is 6.20 Å². The summed E-state index contributed by atoms with van der Waals surface area (Å²) in [4.78, 5) is 9.79. The highest BCUT2D eigenvalue weighted by molar-refractivity contribution is 6.33. The summed E-state index contributed by atoms with van der Waals surface area (Å²) in [5.41, 5.74) is 6.52. The van der Waals surface area contributed by atoms with Crippen molar-refractivity contribution in [1.82, 2.24) is 9.97 Å². The van der Waals surface area contributed by atoms with E-state index in [1.165, 1.54) is 6.20 Å². The molecule has 0 aliphatic rings. The van der Waals surface area contributed by atoms with Crippen molar-refractivity contribution < 1.29 is 0 Å². The minimum absolute atomic E-state index is 0.210. The van der Waals surface area contributed by atoms with Crippen LogP contribution < -0.4 is 10.6 Å². The predicted molar refractivity (Wildman–Crippen MR) is 66.0 cm³/mol. The lowest BCUT2D eigenvalue weighted by Gasteiger charge is -2.19. The van der Waals surface area contributed by atoms with Gasteiger partial charge in [-0.2, -0.15) is 4.98 Å². The fourth-order valence-corrected chi connectivity index (χ4v) is 1.60. The summed E-state index contributed by atoms with van der Waals surface area (Å²) >= 11 is 6.02. The first-order chi connectivity index (χ1) is 7.68. The second-order valence-electron chi connectivity index (χ2n) is 3.29. The van der Waals surface area contributed by atoms with Crippen LogP contribution in [-0.2, 0) is 0 Å². The molecule has 0 aliphatic heterocycles. The predicted octanol–water partition coefficient (Wildman–Crippen LogP) is 2.48. The summed E-state index contributed by atoms with van der Waals surface area (Å²) in [6.45, 7) is 0. The van der Waals surface area contributed by atoms with Crippen LogP contribution in [0.4, 0.5) is 17.5 Å². The smallest absolute Gasteiger partial charge is 0.222 e. The van der Waals surface area contributed by atoms with Crippen molar-refractivity contribution in [2.75, 3.05) is 17.7 Å². The number of anilines is 3. The van der Waals surface area contributed by atoms with Crippen molar-refractivity contribution in [3.05, 3.63) is 41.6 Å². The first-order valence-electron chi connectivity index (χ1n) is 4.75. The Hall–Kier alpha value is -1.81. The number of para-hydroxylation sites is 1. The summed E-state index contributed by atoms with van der Waals surface area (Å²) in [7, 11) is 1.88. The van der Waals surface area contributed by atoms with E-state index in [1.54, 1.807) is 0 Å². The largest absolute Gasteiger partial charge is 0.368 e. The maximum absolute atomic E-state index is 6.02. The average Bonchev–Trinajstić information content (AvgIpc) is 2.32. The minimum Gasteiger partial charge on any atom is -0.368 e. The number of hydrogen-bond donors (Lipinski definition) is 1. The van der Waals surface area contributed by atoms with Gasteiger partial charge in [0, 0.05) is 12.7 Å². The molecule has 0 aliphatic carbocycles. The Bertz CT molecular complexity index is 487. The highest BCUT2D eigenvalue weighted by Gasteiger charge is 2.10. The lowest BCUT2D eigenvalue weighted by atomic mass is 10.3. The topological polar surface area (TPSA) is 55.0 Å². The van der Waals surface area contributed by atoms with E-state index < -0.39 is 0 Å². The Morgan fingerprint density at radius 3 is 2.62 bits per heavy atom. The van der Waals surface area contributed by atoms with E-state index in [9.17, 15) is 0 Å². The quantitative estimate of drug-likeness (QED) is 0.868. The van der Waals surface area contributed by atoms with E-state index in [0.29, 0.717) is 10.8 Å². The standard InChI is InChI=1S/C11H11ClN4/c1-16(8-5-3-2-4-6-8)10-9(12)7-14-11(13)15-10/h2-7H,1H3,(H2,13,14,15). The molecule has 1 aromatic heterocycles. The Labute approximate surface area is 98.7 Å². The first-order valence-corrected chi connectivity index (χ1v) is 5.13. The van der Waals surface area contributed by atoms with Gasteiger partial charge in [0.15, 0.2) is 5.82 Å². The molecule has 4 nitrogen and oxygen atoms in total. The summed E-state index contributed by atoms with van der Waals surface area (Å²) in [6.07, 6.45) is 1.50. The number of nitrogen functional groups attached to an aromatic ring is 1. The van der Waals surface area contributed by atoms with Gasteiger partial charge >= 0.3 is 0 Å². The molecule has 2 rings (SSSR count). The molecule has 0 bridgehead atoms. The van der Waals surface area contributed by atoms with Crippen LogP contribution in [0.1, 0.15) is 0 Å². The molecule has 5 heteroatoms. The summed E-state index contributed by atoms with van der Waals surface area (Å²) < 4.78 is 0. The van der Waals surface area contributed by atoms with Crippen LogP contribution in [0.2, 0.25) is 5.02 Å². The maximum atomic E-state index is 6.02. The van der Waals surface area contributed by atoms with Crippen molar-refractivity contribution in [3.8, 4) is 0 Å². The van der Waals surface area contributed by atoms with Gasteiger partial charge in [0.25, 0.3) is 0 Å². The van der Waals surface area contributed by atoms with Gasteiger partial charge in [-0.3, -0.25) is 0 Å². The van der Waals surface area contributed by atoms with Crippen LogP contribution in [0.5, 0.6) is 0 Å². The third-order valence-electron chi connectivity index (χ3n) is 2.21. The van der Waals surface area contributed by atoms with Crippen molar-refractivity contribution in [2.24, 2.45) is 0 Å². The van der Waals surface area contributed by atoms with Crippen LogP contribution >= 0.6 is 11.6 Å². The highest BCUT2D eigenvalue weighted by Crippen LogP contribution is 2.27. The Balaban J connectivity index is 2.41. The molecule has 1 heterocycles. The Morgan fingerprint density at radius 1 is 1.25 bits per heavy atom. The lowest BCUT2D eigenvalue weighted by Crippen LogP contribution is -2.13. The number of nitrogens with zero attached hydrogens (tertiary/aromatic N) is 3. The zero-order valence-electron chi connectivity index (χ0n) is 8.76. The van der Waals surface area contributed by atoms with Crippen molar-refractivity contribution in [3.63, 3.8) is 0 Å². The molecule has 16 heavy (non-hydrogen) atoms. The number of benzene rings is 1. The molecule has 82 valence electrons. The second-order valence-corrected chi connectivity index (χ2v) is 3.70. The van der Waals surface area contributed by atoms with Crippen LogP contribution in [0.25, 0.3) is 0 Å². The number of hydrogen-bond acceptors (Lipinski definition) is 4. The van der Waals surface area contributed by atoms with Crippen molar-refractivity contribution >= 4 is 29.1 Å². The Kier molecular flexibility index (Phi) is 2.92. The van der Waals surface area contributed by atoms with Crippen LogP contribution in [0.3, 0.4) is 0 Å². The number of halogens is 1. The minimum atomic E-state index is 0.210. The van der Waals surface area contributed by atoms with Gasteiger partial charge in [-0.1, -0.05) is 29.8 Å². The summed E-state index contributed by atoms with van der Waals surface area (Å²) in [5, 5.41) is 0.473. The van der Waals surface area contributed by atoms with Gasteiger partial charge < -0.3 is 10.6 Å². The van der Waals surface area contributed by atoms with E-state index in [2.05, 4.69) is 9.97 Å². The molecule has 0 atom stereocenters. The van der Waals surface area contributed by atoms with Gasteiger partial charge in [0.1, 0.15) is 5.02 Å². The summed E-state index contributed by atoms with van der Waals surface area (Å²) in [6, 6.07) is 9.78. The number of rotatable bonds is 2. The van der Waals surface area contributed by atoms with Crippen LogP contribution in [0, 0.1) is 0 Å². The molecule has 2 aromatic rings. The van der Waals surface area contributed by atoms with Crippen LogP contribution in [0.15, 0.2) is 36.5 Å². The van der Waals surface area contributed by atoms with E-state index in [0.717, 1.165) is 5.69 Å². The van der Waals surface area contributed by atoms with E-state index in [4.69, 9.17) is 17.3 Å². The molecule has 0 spiro atoms. The molecule has 0 unspecified atom stereocenters. The van der Waals surface area contributed by atoms with Gasteiger partial charge in [-0.05, 0) is 12.1 Å². The molecule has 0 radical (unpaired) electrons. The van der Waals surface area contributed by atoms with Gasteiger partial charge in [0.2, 0.25) is 5.95 Å². The van der Waals surface area contributed by atoms with Gasteiger partial charge in [-0.25, -0.2) is 4.98 Å². The molecule has 2 N–H and O–H groups in total. The third kappa shape index (κ3) is 2.06. The molecule has 1 aromatic carbocycles. The zero-order valence-corrected chi connectivity index (χ0v) is 9.52. The monoisotopic (exact) mass is 234 g/mol. The molecular weight excluding hydrogens is 224 g/mol. The SMILES string of the molecule is CN(c1ccccc1)c1nc(N)ncc1Cl. The molecule has 0 saturated carbocycles. The van der Waals surface area contributed by atoms with E-state index >= 15 is 0 Å². The van der Waals surface area contributed by atoms with Gasteiger partial charge in [-0.15, -0.1) is 0 Å². The first kappa shape index (κ1) is 10.7. The lowest BCUT2D eigenvalue weighted by molar-refractivity contribution is 1.09. The second kappa shape index (κ2) is 4.37. The third-order valence-corrected chi connectivity index (χ3v) is 2.47. The normalized spacial score (nSPS) is 10.1. The number of nitrogens with two attached hydrogens (primary N) is 1. The fraction of sp³-hybridized carbons (Fsp3) is 0.0909. The van der Waals surface area contributed by atoms with Crippen LogP contribution in [-0.4, -0.2) is 17.0 Å².